The minimum atomic E-state index is -5.00. The average Bonchev–Trinajstić information content (AvgIpc) is 3.11. The van der Waals surface area contributed by atoms with Crippen molar-refractivity contribution in [2.75, 3.05) is 30.8 Å². The first-order valence-corrected chi connectivity index (χ1v) is 9.97. The number of rotatable bonds is 3. The van der Waals surface area contributed by atoms with Gasteiger partial charge in [0, 0.05) is 24.5 Å². The summed E-state index contributed by atoms with van der Waals surface area (Å²) in [6.07, 6.45) is -8.53. The van der Waals surface area contributed by atoms with Crippen LogP contribution in [0.25, 0.3) is 0 Å². The van der Waals surface area contributed by atoms with Gasteiger partial charge in [0.15, 0.2) is 6.29 Å². The number of amidine groups is 1. The highest BCUT2D eigenvalue weighted by Gasteiger charge is 2.37. The number of hydrogen-bond donors (Lipinski definition) is 4. The number of aliphatic imine (C=N–C) groups is 1. The Balaban J connectivity index is 1.72. The zero-order valence-electron chi connectivity index (χ0n) is 17.2. The molecule has 2 aromatic rings. The van der Waals surface area contributed by atoms with E-state index in [2.05, 4.69) is 30.8 Å². The number of likely N-dealkylation sites (tertiary alicyclic amines) is 1. The second-order valence-corrected chi connectivity index (χ2v) is 7.95. The van der Waals surface area contributed by atoms with E-state index in [4.69, 9.17) is 0 Å². The van der Waals surface area contributed by atoms with Crippen LogP contribution in [0.1, 0.15) is 23.1 Å². The molecule has 2 aliphatic rings. The fourth-order valence-corrected chi connectivity index (χ4v) is 3.84. The first-order valence-electron chi connectivity index (χ1n) is 9.97. The summed E-state index contributed by atoms with van der Waals surface area (Å²) in [4.78, 5) is 21.3. The summed E-state index contributed by atoms with van der Waals surface area (Å²) < 4.78 is 79.4. The van der Waals surface area contributed by atoms with E-state index in [0.717, 1.165) is 19.5 Å². The zero-order chi connectivity index (χ0) is 24.0. The highest BCUT2D eigenvalue weighted by molar-refractivity contribution is 6.12. The number of nitrogens with one attached hydrogen (secondary N) is 4. The molecule has 4 rings (SSSR count). The quantitative estimate of drug-likeness (QED) is 0.514. The van der Waals surface area contributed by atoms with Crippen molar-refractivity contribution in [1.82, 2.24) is 15.2 Å². The van der Waals surface area contributed by atoms with Crippen LogP contribution in [0.2, 0.25) is 0 Å². The minimum Gasteiger partial charge on any atom is -0.351 e. The van der Waals surface area contributed by atoms with Crippen LogP contribution in [0.5, 0.6) is 0 Å². The van der Waals surface area contributed by atoms with Gasteiger partial charge in [-0.2, -0.15) is 26.3 Å². The van der Waals surface area contributed by atoms with E-state index in [0.29, 0.717) is 17.8 Å². The van der Waals surface area contributed by atoms with E-state index >= 15 is 0 Å². The number of nitrogens with zero attached hydrogens (tertiary/aromatic N) is 2. The number of likely N-dealkylation sites (N-methyl/N-ethyl adjacent to an activating group) is 1. The maximum absolute atomic E-state index is 13.2. The topological polar surface area (TPSA) is 84.5 Å². The molecule has 0 spiro atoms. The van der Waals surface area contributed by atoms with Crippen LogP contribution < -0.4 is 21.5 Å². The summed E-state index contributed by atoms with van der Waals surface area (Å²) in [6, 6.07) is 2.73. The normalized spacial score (nSPS) is 21.4. The van der Waals surface area contributed by atoms with Crippen LogP contribution in [0.4, 0.5) is 37.7 Å². The number of aromatic amines is 1. The predicted octanol–water partition coefficient (Wildman–Crippen LogP) is 3.27. The molecular weight excluding hydrogens is 454 g/mol. The van der Waals surface area contributed by atoms with Gasteiger partial charge < -0.3 is 20.5 Å². The third-order valence-corrected chi connectivity index (χ3v) is 5.38. The fourth-order valence-electron chi connectivity index (χ4n) is 3.84. The third kappa shape index (κ3) is 5.14. The largest absolute Gasteiger partial charge is 0.416 e. The molecule has 4 N–H and O–H groups in total. The number of halogens is 6. The average molecular weight is 474 g/mol. The van der Waals surface area contributed by atoms with Gasteiger partial charge in [0.1, 0.15) is 11.4 Å². The van der Waals surface area contributed by atoms with Gasteiger partial charge in [-0.1, -0.05) is 0 Å². The van der Waals surface area contributed by atoms with Crippen LogP contribution in [-0.2, 0) is 12.4 Å². The van der Waals surface area contributed by atoms with Gasteiger partial charge in [-0.15, -0.1) is 0 Å². The molecule has 0 amide bonds. The number of aromatic nitrogens is 1. The maximum atomic E-state index is 13.2. The number of pyridine rings is 1. The molecule has 7 nitrogen and oxygen atoms in total. The van der Waals surface area contributed by atoms with Gasteiger partial charge in [0.2, 0.25) is 0 Å². The smallest absolute Gasteiger partial charge is 0.351 e. The molecule has 178 valence electrons. The summed E-state index contributed by atoms with van der Waals surface area (Å²) in [7, 11) is 1.95. The number of H-pyrrole nitrogens is 1. The van der Waals surface area contributed by atoms with Crippen molar-refractivity contribution >= 4 is 17.2 Å². The van der Waals surface area contributed by atoms with Crippen molar-refractivity contribution in [2.24, 2.45) is 4.99 Å². The molecule has 2 aliphatic heterocycles. The van der Waals surface area contributed by atoms with E-state index in [9.17, 15) is 31.1 Å². The number of alkyl halides is 6. The Bertz CT molecular complexity index is 1090. The molecule has 1 aromatic carbocycles. The van der Waals surface area contributed by atoms with Crippen LogP contribution in [0.15, 0.2) is 40.2 Å². The predicted molar refractivity (Wildman–Crippen MR) is 110 cm³/mol. The van der Waals surface area contributed by atoms with Crippen LogP contribution in [0, 0.1) is 0 Å². The molecule has 0 aliphatic carbocycles. The van der Waals surface area contributed by atoms with Crippen LogP contribution >= 0.6 is 0 Å². The van der Waals surface area contributed by atoms with Gasteiger partial charge in [-0.05, 0) is 44.3 Å². The molecule has 1 saturated heterocycles. The number of anilines is 2. The van der Waals surface area contributed by atoms with E-state index in [1.807, 2.05) is 7.05 Å². The number of benzene rings is 1. The number of fused-ring (bicyclic) bond motifs is 1. The highest BCUT2D eigenvalue weighted by Crippen LogP contribution is 2.37. The van der Waals surface area contributed by atoms with Crippen molar-refractivity contribution in [3.63, 3.8) is 0 Å². The lowest BCUT2D eigenvalue weighted by Gasteiger charge is -2.28. The molecule has 0 radical (unpaired) electrons. The lowest BCUT2D eigenvalue weighted by molar-refractivity contribution is -0.143. The van der Waals surface area contributed by atoms with E-state index in [1.165, 1.54) is 12.3 Å². The summed E-state index contributed by atoms with van der Waals surface area (Å²) in [5.41, 5.74) is -3.73. The summed E-state index contributed by atoms with van der Waals surface area (Å²) in [5, 5.41) is 8.78. The standard InChI is InChI=1S/C20H20F6N6O/c1-32-5-3-12(9-32)29-18-30-14-2-4-27-17(33)15(14)16(31-18)28-13-7-10(19(21,22)23)6-11(8-13)20(24,25)26/h2,4,6-8,12,18,29-30H,3,5,9H2,1H3,(H,27,33)(H,28,31). The molecule has 0 saturated carbocycles. The van der Waals surface area contributed by atoms with E-state index in [1.54, 1.807) is 0 Å². The van der Waals surface area contributed by atoms with E-state index in [-0.39, 0.29) is 23.5 Å². The molecule has 1 aromatic heterocycles. The molecule has 2 unspecified atom stereocenters. The SMILES string of the molecule is CN1CCC(NC2N=C(Nc3cc(C(F)(F)F)cc(C(F)(F)F)c3)c3c(cc[nH]c3=O)N2)C1. The first-order chi connectivity index (χ1) is 15.4. The molecule has 33 heavy (non-hydrogen) atoms. The first kappa shape index (κ1) is 23.1. The van der Waals surface area contributed by atoms with Crippen LogP contribution in [0.3, 0.4) is 0 Å². The molecule has 13 heteroatoms. The Hall–Kier alpha value is -3.06. The lowest BCUT2D eigenvalue weighted by atomic mass is 10.1. The third-order valence-electron chi connectivity index (χ3n) is 5.38. The van der Waals surface area contributed by atoms with Crippen molar-refractivity contribution in [2.45, 2.75) is 31.1 Å². The number of hydrogen-bond acceptors (Lipinski definition) is 6. The lowest BCUT2D eigenvalue weighted by Crippen LogP contribution is -2.47. The van der Waals surface area contributed by atoms with Gasteiger partial charge in [0.05, 0.1) is 16.8 Å². The summed E-state index contributed by atoms with van der Waals surface area (Å²) in [6.45, 7) is 1.60. The monoisotopic (exact) mass is 474 g/mol. The van der Waals surface area contributed by atoms with Gasteiger partial charge in [-0.25, -0.2) is 4.99 Å². The Labute approximate surface area is 183 Å². The highest BCUT2D eigenvalue weighted by atomic mass is 19.4. The zero-order valence-corrected chi connectivity index (χ0v) is 17.2. The Morgan fingerprint density at radius 1 is 1.09 bits per heavy atom. The van der Waals surface area contributed by atoms with Crippen molar-refractivity contribution < 1.29 is 26.3 Å². The summed E-state index contributed by atoms with van der Waals surface area (Å²) in [5.74, 6) is -0.151. The molecule has 2 atom stereocenters. The fraction of sp³-hybridized carbons (Fsp3) is 0.400. The Morgan fingerprint density at radius 2 is 1.76 bits per heavy atom. The molecule has 1 fully saturated rings. The van der Waals surface area contributed by atoms with Crippen molar-refractivity contribution in [3.8, 4) is 0 Å². The van der Waals surface area contributed by atoms with Gasteiger partial charge in [-0.3, -0.25) is 10.1 Å². The second kappa shape index (κ2) is 8.37. The van der Waals surface area contributed by atoms with Crippen LogP contribution in [-0.4, -0.2) is 48.2 Å². The minimum absolute atomic E-state index is 0.0231. The molecule has 0 bridgehead atoms. The van der Waals surface area contributed by atoms with Crippen molar-refractivity contribution in [1.29, 1.82) is 0 Å². The second-order valence-electron chi connectivity index (χ2n) is 7.95. The van der Waals surface area contributed by atoms with E-state index < -0.39 is 41.0 Å². The summed E-state index contributed by atoms with van der Waals surface area (Å²) >= 11 is 0. The Morgan fingerprint density at radius 3 is 2.33 bits per heavy atom. The Kier molecular flexibility index (Phi) is 5.86. The van der Waals surface area contributed by atoms with Gasteiger partial charge >= 0.3 is 12.4 Å². The molecular formula is C20H20F6N6O. The van der Waals surface area contributed by atoms with Crippen molar-refractivity contribution in [3.05, 3.63) is 57.5 Å². The van der Waals surface area contributed by atoms with Gasteiger partial charge in [0.25, 0.3) is 5.56 Å². The molecule has 3 heterocycles. The maximum Gasteiger partial charge on any atom is 0.416 e.